The molecule has 0 fully saturated rings. The second-order valence-corrected chi connectivity index (χ2v) is 3.10. The van der Waals surface area contributed by atoms with Crippen molar-refractivity contribution in [1.29, 1.82) is 0 Å². The van der Waals surface area contributed by atoms with Crippen molar-refractivity contribution in [3.63, 3.8) is 0 Å². The molecule has 4 heteroatoms. The number of nitrogens with zero attached hydrogens (tertiary/aromatic N) is 2. The fraction of sp³-hybridized carbons (Fsp3) is 0.667. The molecule has 1 aliphatic rings. The highest BCUT2D eigenvalue weighted by Crippen LogP contribution is 2.10. The SMILES string of the molecule is CCOCC1=CN(C)C(C)N=C1N. The Balaban J connectivity index is 2.63. The van der Waals surface area contributed by atoms with Gasteiger partial charge in [0.15, 0.2) is 0 Å². The van der Waals surface area contributed by atoms with Crippen LogP contribution in [0.1, 0.15) is 13.8 Å². The summed E-state index contributed by atoms with van der Waals surface area (Å²) in [5, 5.41) is 0. The van der Waals surface area contributed by atoms with Crippen molar-refractivity contribution >= 4 is 5.84 Å². The van der Waals surface area contributed by atoms with E-state index in [1.165, 1.54) is 0 Å². The quantitative estimate of drug-likeness (QED) is 0.695. The minimum absolute atomic E-state index is 0.130. The van der Waals surface area contributed by atoms with E-state index in [1.54, 1.807) is 0 Å². The molecule has 0 amide bonds. The van der Waals surface area contributed by atoms with Gasteiger partial charge in [0, 0.05) is 25.4 Å². The molecule has 1 atom stereocenters. The minimum Gasteiger partial charge on any atom is -0.384 e. The molecule has 0 saturated carbocycles. The molecule has 1 aliphatic heterocycles. The number of nitrogens with two attached hydrogens (primary N) is 1. The van der Waals surface area contributed by atoms with Crippen LogP contribution < -0.4 is 5.73 Å². The van der Waals surface area contributed by atoms with Crippen LogP contribution in [0.4, 0.5) is 0 Å². The van der Waals surface area contributed by atoms with Crippen molar-refractivity contribution in [3.05, 3.63) is 11.8 Å². The molecular formula is C9H17N3O. The lowest BCUT2D eigenvalue weighted by Gasteiger charge is -2.26. The summed E-state index contributed by atoms with van der Waals surface area (Å²) in [7, 11) is 1.98. The fourth-order valence-corrected chi connectivity index (χ4v) is 1.12. The molecule has 0 aromatic rings. The Morgan fingerprint density at radius 1 is 1.69 bits per heavy atom. The molecule has 13 heavy (non-hydrogen) atoms. The Morgan fingerprint density at radius 3 is 3.00 bits per heavy atom. The zero-order valence-corrected chi connectivity index (χ0v) is 8.45. The molecule has 0 spiro atoms. The van der Waals surface area contributed by atoms with Crippen LogP contribution in [0.25, 0.3) is 0 Å². The van der Waals surface area contributed by atoms with E-state index in [0.29, 0.717) is 19.0 Å². The summed E-state index contributed by atoms with van der Waals surface area (Å²) in [6.07, 6.45) is 2.12. The lowest BCUT2D eigenvalue weighted by Crippen LogP contribution is -2.33. The number of hydrogen-bond acceptors (Lipinski definition) is 4. The van der Waals surface area contributed by atoms with Crippen LogP contribution in [0.3, 0.4) is 0 Å². The van der Waals surface area contributed by atoms with Crippen molar-refractivity contribution in [2.45, 2.75) is 20.0 Å². The Kier molecular flexibility index (Phi) is 3.31. The van der Waals surface area contributed by atoms with Crippen LogP contribution in [-0.2, 0) is 4.74 Å². The number of ether oxygens (including phenoxy) is 1. The van der Waals surface area contributed by atoms with Crippen LogP contribution in [0.5, 0.6) is 0 Å². The second kappa shape index (κ2) is 4.28. The first-order valence-electron chi connectivity index (χ1n) is 4.49. The molecule has 2 N–H and O–H groups in total. The Labute approximate surface area is 79.1 Å². The Bertz CT molecular complexity index is 235. The molecule has 1 unspecified atom stereocenters. The van der Waals surface area contributed by atoms with Gasteiger partial charge in [-0.15, -0.1) is 0 Å². The van der Waals surface area contributed by atoms with Gasteiger partial charge < -0.3 is 15.4 Å². The molecule has 0 saturated heterocycles. The molecule has 0 radical (unpaired) electrons. The van der Waals surface area contributed by atoms with E-state index in [-0.39, 0.29) is 6.17 Å². The molecule has 1 heterocycles. The van der Waals surface area contributed by atoms with Crippen molar-refractivity contribution in [1.82, 2.24) is 4.90 Å². The van der Waals surface area contributed by atoms with Crippen LogP contribution in [-0.4, -0.2) is 37.2 Å². The summed E-state index contributed by atoms with van der Waals surface area (Å²) in [4.78, 5) is 6.29. The smallest absolute Gasteiger partial charge is 0.127 e. The predicted molar refractivity (Wildman–Crippen MR) is 53.4 cm³/mol. The van der Waals surface area contributed by atoms with Crippen LogP contribution >= 0.6 is 0 Å². The minimum atomic E-state index is 0.130. The molecular weight excluding hydrogens is 166 g/mol. The van der Waals surface area contributed by atoms with Gasteiger partial charge >= 0.3 is 0 Å². The van der Waals surface area contributed by atoms with E-state index in [1.807, 2.05) is 32.0 Å². The van der Waals surface area contributed by atoms with Crippen molar-refractivity contribution < 1.29 is 4.74 Å². The molecule has 0 aliphatic carbocycles. The fourth-order valence-electron chi connectivity index (χ4n) is 1.12. The predicted octanol–water partition coefficient (Wildman–Crippen LogP) is 0.555. The molecule has 0 bridgehead atoms. The van der Waals surface area contributed by atoms with Gasteiger partial charge in [0.2, 0.25) is 0 Å². The van der Waals surface area contributed by atoms with Gasteiger partial charge in [0.05, 0.1) is 6.61 Å². The third kappa shape index (κ3) is 2.45. The Hall–Kier alpha value is -1.03. The number of hydrogen-bond donors (Lipinski definition) is 1. The lowest BCUT2D eigenvalue weighted by molar-refractivity contribution is 0.171. The summed E-state index contributed by atoms with van der Waals surface area (Å²) in [6, 6.07) is 0. The van der Waals surface area contributed by atoms with Gasteiger partial charge in [-0.3, -0.25) is 0 Å². The number of rotatable bonds is 3. The maximum absolute atomic E-state index is 5.75. The molecule has 4 nitrogen and oxygen atoms in total. The van der Waals surface area contributed by atoms with Gasteiger partial charge in [-0.25, -0.2) is 4.99 Å². The first kappa shape index (κ1) is 10.1. The molecule has 74 valence electrons. The van der Waals surface area contributed by atoms with Gasteiger partial charge in [-0.1, -0.05) is 0 Å². The average molecular weight is 183 g/mol. The topological polar surface area (TPSA) is 50.8 Å². The third-order valence-corrected chi connectivity index (χ3v) is 2.07. The van der Waals surface area contributed by atoms with Crippen LogP contribution in [0.2, 0.25) is 0 Å². The highest BCUT2D eigenvalue weighted by atomic mass is 16.5. The molecule has 0 aromatic carbocycles. The lowest BCUT2D eigenvalue weighted by atomic mass is 10.2. The van der Waals surface area contributed by atoms with E-state index in [0.717, 1.165) is 5.57 Å². The Morgan fingerprint density at radius 2 is 2.38 bits per heavy atom. The highest BCUT2D eigenvalue weighted by molar-refractivity contribution is 5.97. The monoisotopic (exact) mass is 183 g/mol. The second-order valence-electron chi connectivity index (χ2n) is 3.10. The van der Waals surface area contributed by atoms with Crippen molar-refractivity contribution in [2.24, 2.45) is 10.7 Å². The van der Waals surface area contributed by atoms with E-state index in [9.17, 15) is 0 Å². The first-order chi connectivity index (χ1) is 6.15. The number of amidine groups is 1. The van der Waals surface area contributed by atoms with Crippen molar-refractivity contribution in [3.8, 4) is 0 Å². The average Bonchev–Trinajstić information content (AvgIpc) is 2.09. The summed E-state index contributed by atoms with van der Waals surface area (Å²) < 4.78 is 5.27. The summed E-state index contributed by atoms with van der Waals surface area (Å²) in [5.74, 6) is 0.596. The van der Waals surface area contributed by atoms with Crippen LogP contribution in [0.15, 0.2) is 16.8 Å². The van der Waals surface area contributed by atoms with E-state index in [4.69, 9.17) is 10.5 Å². The first-order valence-corrected chi connectivity index (χ1v) is 4.49. The third-order valence-electron chi connectivity index (χ3n) is 2.07. The molecule has 1 rings (SSSR count). The maximum Gasteiger partial charge on any atom is 0.127 e. The van der Waals surface area contributed by atoms with E-state index < -0.39 is 0 Å². The zero-order valence-electron chi connectivity index (χ0n) is 8.45. The number of aliphatic imine (C=N–C) groups is 1. The van der Waals surface area contributed by atoms with Gasteiger partial charge in [-0.2, -0.15) is 0 Å². The van der Waals surface area contributed by atoms with Gasteiger partial charge in [0.1, 0.15) is 12.0 Å². The van der Waals surface area contributed by atoms with E-state index in [2.05, 4.69) is 4.99 Å². The van der Waals surface area contributed by atoms with Gasteiger partial charge in [0.25, 0.3) is 0 Å². The normalized spacial score (nSPS) is 22.7. The zero-order chi connectivity index (χ0) is 9.84. The molecule has 0 aromatic heterocycles. The standard InChI is InChI=1S/C9H17N3O/c1-4-13-6-8-5-12(3)7(2)11-9(8)10/h5,7H,4,6H2,1-3H3,(H2,10,11). The largest absolute Gasteiger partial charge is 0.384 e. The van der Waals surface area contributed by atoms with E-state index >= 15 is 0 Å². The summed E-state index contributed by atoms with van der Waals surface area (Å²) in [6.45, 7) is 5.21. The summed E-state index contributed by atoms with van der Waals surface area (Å²) in [5.41, 5.74) is 6.71. The van der Waals surface area contributed by atoms with Crippen LogP contribution in [0, 0.1) is 0 Å². The highest BCUT2D eigenvalue weighted by Gasteiger charge is 2.14. The summed E-state index contributed by atoms with van der Waals surface area (Å²) >= 11 is 0. The maximum atomic E-state index is 5.75. The van der Waals surface area contributed by atoms with Gasteiger partial charge in [-0.05, 0) is 13.8 Å². The van der Waals surface area contributed by atoms with Crippen molar-refractivity contribution in [2.75, 3.05) is 20.3 Å².